The molecule has 0 atom stereocenters. The second-order valence-electron chi connectivity index (χ2n) is 4.17. The topological polar surface area (TPSA) is 74.2 Å². The molecule has 0 bridgehead atoms. The maximum absolute atomic E-state index is 11.6. The Morgan fingerprint density at radius 2 is 1.91 bits per heavy atom. The molecule has 0 aromatic carbocycles. The van der Waals surface area contributed by atoms with Gasteiger partial charge in [-0.3, -0.25) is 4.98 Å². The molecule has 0 saturated heterocycles. The number of hydrogen-bond acceptors (Lipinski definition) is 7. The molecule has 0 spiro atoms. The zero-order valence-corrected chi connectivity index (χ0v) is 12.4. The SMILES string of the molecule is COC(=O)c1cc(-c2ncccc2Oc2ncccn2)cs1. The van der Waals surface area contributed by atoms with Gasteiger partial charge in [0, 0.05) is 29.5 Å². The lowest BCUT2D eigenvalue weighted by atomic mass is 10.2. The number of carbonyl (C=O) groups excluding carboxylic acids is 1. The first-order chi connectivity index (χ1) is 10.8. The van der Waals surface area contributed by atoms with Crippen molar-refractivity contribution in [3.8, 4) is 23.0 Å². The second-order valence-corrected chi connectivity index (χ2v) is 5.09. The van der Waals surface area contributed by atoms with Crippen LogP contribution in [0.5, 0.6) is 11.8 Å². The highest BCUT2D eigenvalue weighted by atomic mass is 32.1. The summed E-state index contributed by atoms with van der Waals surface area (Å²) in [4.78, 5) is 24.4. The van der Waals surface area contributed by atoms with Gasteiger partial charge in [-0.15, -0.1) is 11.3 Å². The van der Waals surface area contributed by atoms with Crippen LogP contribution in [0.3, 0.4) is 0 Å². The van der Waals surface area contributed by atoms with Crippen molar-refractivity contribution in [3.63, 3.8) is 0 Å². The molecule has 0 amide bonds. The van der Waals surface area contributed by atoms with E-state index in [-0.39, 0.29) is 12.0 Å². The summed E-state index contributed by atoms with van der Waals surface area (Å²) < 4.78 is 10.4. The highest BCUT2D eigenvalue weighted by molar-refractivity contribution is 7.12. The van der Waals surface area contributed by atoms with Crippen LogP contribution in [-0.2, 0) is 4.74 Å². The van der Waals surface area contributed by atoms with E-state index in [1.165, 1.54) is 18.4 Å². The minimum absolute atomic E-state index is 0.236. The summed E-state index contributed by atoms with van der Waals surface area (Å²) >= 11 is 1.29. The Labute approximate surface area is 130 Å². The molecule has 3 rings (SSSR count). The van der Waals surface area contributed by atoms with Crippen molar-refractivity contribution in [2.45, 2.75) is 0 Å². The molecule has 110 valence electrons. The van der Waals surface area contributed by atoms with Gasteiger partial charge >= 0.3 is 12.0 Å². The van der Waals surface area contributed by atoms with Crippen LogP contribution in [0, 0.1) is 0 Å². The molecule has 7 heteroatoms. The van der Waals surface area contributed by atoms with E-state index in [1.54, 1.807) is 42.9 Å². The Hall–Kier alpha value is -2.80. The fraction of sp³-hybridized carbons (Fsp3) is 0.0667. The van der Waals surface area contributed by atoms with Crippen LogP contribution < -0.4 is 4.74 Å². The Kier molecular flexibility index (Phi) is 4.06. The van der Waals surface area contributed by atoms with E-state index in [0.29, 0.717) is 16.3 Å². The monoisotopic (exact) mass is 313 g/mol. The molecule has 0 aliphatic rings. The number of esters is 1. The van der Waals surface area contributed by atoms with Crippen LogP contribution in [0.1, 0.15) is 9.67 Å². The maximum Gasteiger partial charge on any atom is 0.348 e. The third kappa shape index (κ3) is 2.94. The van der Waals surface area contributed by atoms with Gasteiger partial charge in [0.15, 0.2) is 5.75 Å². The number of ether oxygens (including phenoxy) is 2. The molecule has 0 N–H and O–H groups in total. The van der Waals surface area contributed by atoms with Crippen LogP contribution in [-0.4, -0.2) is 28.0 Å². The summed E-state index contributed by atoms with van der Waals surface area (Å²) in [5.74, 6) is 0.143. The van der Waals surface area contributed by atoms with E-state index in [2.05, 4.69) is 15.0 Å². The Bertz CT molecular complexity index is 789. The fourth-order valence-electron chi connectivity index (χ4n) is 1.79. The van der Waals surface area contributed by atoms with E-state index >= 15 is 0 Å². The predicted molar refractivity (Wildman–Crippen MR) is 81.0 cm³/mol. The van der Waals surface area contributed by atoms with Crippen LogP contribution in [0.4, 0.5) is 0 Å². The van der Waals surface area contributed by atoms with Crippen LogP contribution in [0.25, 0.3) is 11.3 Å². The van der Waals surface area contributed by atoms with Gasteiger partial charge in [0.2, 0.25) is 0 Å². The van der Waals surface area contributed by atoms with Gasteiger partial charge in [0.1, 0.15) is 10.6 Å². The Morgan fingerprint density at radius 1 is 1.14 bits per heavy atom. The van der Waals surface area contributed by atoms with Gasteiger partial charge in [-0.2, -0.15) is 0 Å². The second kappa shape index (κ2) is 6.31. The number of methoxy groups -OCH3 is 1. The molecule has 0 aliphatic heterocycles. The van der Waals surface area contributed by atoms with Gasteiger partial charge in [0.05, 0.1) is 7.11 Å². The number of hydrogen-bond donors (Lipinski definition) is 0. The van der Waals surface area contributed by atoms with Crippen LogP contribution in [0.2, 0.25) is 0 Å². The number of aromatic nitrogens is 3. The maximum atomic E-state index is 11.6. The van der Waals surface area contributed by atoms with Gasteiger partial charge < -0.3 is 9.47 Å². The molecule has 0 fully saturated rings. The molecule has 0 radical (unpaired) electrons. The molecular formula is C15H11N3O3S. The first-order valence-corrected chi connectivity index (χ1v) is 7.23. The molecular weight excluding hydrogens is 302 g/mol. The summed E-state index contributed by atoms with van der Waals surface area (Å²) in [6.07, 6.45) is 4.85. The smallest absolute Gasteiger partial charge is 0.348 e. The molecule has 0 saturated carbocycles. The number of rotatable bonds is 4. The molecule has 0 aliphatic carbocycles. The summed E-state index contributed by atoms with van der Waals surface area (Å²) in [6, 6.07) is 7.19. The quantitative estimate of drug-likeness (QED) is 0.689. The summed E-state index contributed by atoms with van der Waals surface area (Å²) in [5.41, 5.74) is 1.39. The minimum Gasteiger partial charge on any atom is -0.465 e. The average Bonchev–Trinajstić information content (AvgIpc) is 3.05. The molecule has 6 nitrogen and oxygen atoms in total. The number of nitrogens with zero attached hydrogens (tertiary/aromatic N) is 3. The van der Waals surface area contributed by atoms with E-state index < -0.39 is 0 Å². The lowest BCUT2D eigenvalue weighted by Gasteiger charge is -2.07. The van der Waals surface area contributed by atoms with Gasteiger partial charge in [-0.25, -0.2) is 14.8 Å². The van der Waals surface area contributed by atoms with Crippen molar-refractivity contribution in [3.05, 3.63) is 53.1 Å². The number of carbonyl (C=O) groups is 1. The summed E-state index contributed by atoms with van der Waals surface area (Å²) in [5, 5.41) is 1.83. The molecule has 3 heterocycles. The van der Waals surface area contributed by atoms with Gasteiger partial charge in [-0.1, -0.05) is 0 Å². The Balaban J connectivity index is 1.94. The van der Waals surface area contributed by atoms with Crippen LogP contribution >= 0.6 is 11.3 Å². The average molecular weight is 313 g/mol. The summed E-state index contributed by atoms with van der Waals surface area (Å²) in [6.45, 7) is 0. The van der Waals surface area contributed by atoms with Crippen molar-refractivity contribution in [1.29, 1.82) is 0 Å². The zero-order chi connectivity index (χ0) is 15.4. The van der Waals surface area contributed by atoms with Gasteiger partial charge in [0.25, 0.3) is 0 Å². The van der Waals surface area contributed by atoms with Crippen molar-refractivity contribution < 1.29 is 14.3 Å². The van der Waals surface area contributed by atoms with Crippen LogP contribution in [0.15, 0.2) is 48.2 Å². The molecule has 3 aromatic heterocycles. The fourth-order valence-corrected chi connectivity index (χ4v) is 2.60. The predicted octanol–water partition coefficient (Wildman–Crippen LogP) is 3.18. The third-order valence-corrected chi connectivity index (χ3v) is 3.68. The molecule has 0 unspecified atom stereocenters. The number of pyridine rings is 1. The highest BCUT2D eigenvalue weighted by Crippen LogP contribution is 2.33. The normalized spacial score (nSPS) is 10.2. The summed E-state index contributed by atoms with van der Waals surface area (Å²) in [7, 11) is 1.35. The lowest BCUT2D eigenvalue weighted by molar-refractivity contribution is 0.0606. The van der Waals surface area contributed by atoms with E-state index in [9.17, 15) is 4.79 Å². The standard InChI is InChI=1S/C15H11N3O3S/c1-20-14(19)12-8-10(9-22-12)13-11(4-2-5-16-13)21-15-17-6-3-7-18-15/h2-9H,1H3. The van der Waals surface area contributed by atoms with Crippen molar-refractivity contribution in [1.82, 2.24) is 15.0 Å². The first kappa shape index (κ1) is 14.2. The van der Waals surface area contributed by atoms with E-state index in [4.69, 9.17) is 9.47 Å². The van der Waals surface area contributed by atoms with E-state index in [1.807, 2.05) is 5.38 Å². The zero-order valence-electron chi connectivity index (χ0n) is 11.6. The largest absolute Gasteiger partial charge is 0.465 e. The van der Waals surface area contributed by atoms with Crippen molar-refractivity contribution in [2.75, 3.05) is 7.11 Å². The van der Waals surface area contributed by atoms with E-state index in [0.717, 1.165) is 5.56 Å². The molecule has 3 aromatic rings. The lowest BCUT2D eigenvalue weighted by Crippen LogP contribution is -1.97. The first-order valence-electron chi connectivity index (χ1n) is 6.35. The molecule has 22 heavy (non-hydrogen) atoms. The highest BCUT2D eigenvalue weighted by Gasteiger charge is 2.15. The Morgan fingerprint density at radius 3 is 2.68 bits per heavy atom. The van der Waals surface area contributed by atoms with Crippen molar-refractivity contribution in [2.24, 2.45) is 0 Å². The third-order valence-electron chi connectivity index (χ3n) is 2.77. The number of thiophene rings is 1. The van der Waals surface area contributed by atoms with Gasteiger partial charge in [-0.05, 0) is 24.3 Å². The van der Waals surface area contributed by atoms with Crippen molar-refractivity contribution >= 4 is 17.3 Å². The minimum atomic E-state index is -0.374.